The molecule has 0 aliphatic rings. The minimum atomic E-state index is -0.776. The Morgan fingerprint density at radius 2 is 1.81 bits per heavy atom. The van der Waals surface area contributed by atoms with Crippen molar-refractivity contribution < 1.29 is 14.3 Å². The Morgan fingerprint density at radius 1 is 1.24 bits per heavy atom. The maximum absolute atomic E-state index is 12.5. The summed E-state index contributed by atoms with van der Waals surface area (Å²) in [6.07, 6.45) is 0. The van der Waals surface area contributed by atoms with E-state index in [4.69, 9.17) is 10.5 Å². The number of benzene rings is 1. The molecule has 1 rings (SSSR count). The van der Waals surface area contributed by atoms with Crippen molar-refractivity contribution >= 4 is 11.9 Å². The minimum Gasteiger partial charge on any atom is -0.465 e. The molecule has 0 radical (unpaired) electrons. The highest BCUT2D eigenvalue weighted by molar-refractivity contribution is 5.86. The van der Waals surface area contributed by atoms with E-state index >= 15 is 0 Å². The van der Waals surface area contributed by atoms with E-state index in [1.807, 2.05) is 45.0 Å². The molecule has 1 aromatic rings. The molecule has 5 nitrogen and oxygen atoms in total. The van der Waals surface area contributed by atoms with Crippen molar-refractivity contribution in [1.82, 2.24) is 4.90 Å². The van der Waals surface area contributed by atoms with Crippen molar-refractivity contribution in [3.63, 3.8) is 0 Å². The zero-order chi connectivity index (χ0) is 16.0. The highest BCUT2D eigenvalue weighted by Crippen LogP contribution is 2.16. The first-order valence-corrected chi connectivity index (χ1v) is 7.15. The third-order valence-corrected chi connectivity index (χ3v) is 3.21. The highest BCUT2D eigenvalue weighted by Gasteiger charge is 2.26. The summed E-state index contributed by atoms with van der Waals surface area (Å²) in [5, 5.41) is 0. The van der Waals surface area contributed by atoms with Gasteiger partial charge >= 0.3 is 5.97 Å². The molecule has 0 bridgehead atoms. The van der Waals surface area contributed by atoms with E-state index in [1.54, 1.807) is 6.92 Å². The van der Waals surface area contributed by atoms with Gasteiger partial charge in [0, 0.05) is 6.04 Å². The molecule has 1 aromatic carbocycles. The highest BCUT2D eigenvalue weighted by atomic mass is 16.5. The minimum absolute atomic E-state index is 0.0795. The van der Waals surface area contributed by atoms with Gasteiger partial charge in [0.15, 0.2) is 0 Å². The van der Waals surface area contributed by atoms with Crippen LogP contribution in [-0.2, 0) is 14.3 Å². The first-order chi connectivity index (χ1) is 9.86. The maximum atomic E-state index is 12.5. The Kier molecular flexibility index (Phi) is 6.37. The second kappa shape index (κ2) is 7.78. The van der Waals surface area contributed by atoms with Gasteiger partial charge in [-0.05, 0) is 33.3 Å². The lowest BCUT2D eigenvalue weighted by Crippen LogP contribution is -2.45. The van der Waals surface area contributed by atoms with Crippen LogP contribution in [0, 0.1) is 6.92 Å². The Hall–Kier alpha value is -1.88. The van der Waals surface area contributed by atoms with E-state index in [0.29, 0.717) is 6.61 Å². The maximum Gasteiger partial charge on any atom is 0.325 e. The van der Waals surface area contributed by atoms with E-state index in [0.717, 1.165) is 11.1 Å². The molecule has 1 atom stereocenters. The molecular formula is C16H24N2O3. The Bertz CT molecular complexity index is 483. The molecule has 0 aliphatic carbocycles. The predicted molar refractivity (Wildman–Crippen MR) is 81.6 cm³/mol. The number of carbonyl (C=O) groups is 2. The molecule has 0 saturated heterocycles. The molecule has 2 N–H and O–H groups in total. The molecular weight excluding hydrogens is 268 g/mol. The summed E-state index contributed by atoms with van der Waals surface area (Å²) in [6.45, 7) is 7.61. The Morgan fingerprint density at radius 3 is 2.29 bits per heavy atom. The lowest BCUT2D eigenvalue weighted by molar-refractivity contribution is -0.150. The largest absolute Gasteiger partial charge is 0.465 e. The normalized spacial score (nSPS) is 12.1. The van der Waals surface area contributed by atoms with Crippen LogP contribution >= 0.6 is 0 Å². The van der Waals surface area contributed by atoms with Crippen LogP contribution in [-0.4, -0.2) is 36.0 Å². The predicted octanol–water partition coefficient (Wildman–Crippen LogP) is 1.79. The number of esters is 1. The van der Waals surface area contributed by atoms with Crippen LogP contribution in [0.15, 0.2) is 24.3 Å². The number of carbonyl (C=O) groups excluding carboxylic acids is 2. The van der Waals surface area contributed by atoms with Crippen LogP contribution < -0.4 is 5.73 Å². The molecule has 1 amide bonds. The van der Waals surface area contributed by atoms with E-state index < -0.39 is 12.0 Å². The van der Waals surface area contributed by atoms with Gasteiger partial charge in [0.2, 0.25) is 5.91 Å². The second-order valence-electron chi connectivity index (χ2n) is 5.25. The van der Waals surface area contributed by atoms with Gasteiger partial charge in [0.05, 0.1) is 6.61 Å². The molecule has 116 valence electrons. The molecule has 0 heterocycles. The fourth-order valence-electron chi connectivity index (χ4n) is 1.96. The lowest BCUT2D eigenvalue weighted by atomic mass is 10.0. The third-order valence-electron chi connectivity index (χ3n) is 3.21. The second-order valence-corrected chi connectivity index (χ2v) is 5.25. The molecule has 21 heavy (non-hydrogen) atoms. The molecule has 0 spiro atoms. The van der Waals surface area contributed by atoms with Crippen molar-refractivity contribution in [3.05, 3.63) is 35.4 Å². The first-order valence-electron chi connectivity index (χ1n) is 7.15. The third kappa shape index (κ3) is 4.86. The smallest absolute Gasteiger partial charge is 0.325 e. The average Bonchev–Trinajstić information content (AvgIpc) is 2.44. The number of rotatable bonds is 6. The summed E-state index contributed by atoms with van der Waals surface area (Å²) in [7, 11) is 0. The molecule has 0 saturated carbocycles. The zero-order valence-electron chi connectivity index (χ0n) is 13.1. The molecule has 0 fully saturated rings. The zero-order valence-corrected chi connectivity index (χ0v) is 13.1. The van der Waals surface area contributed by atoms with Crippen LogP contribution in [0.25, 0.3) is 0 Å². The Balaban J connectivity index is 2.84. The van der Waals surface area contributed by atoms with Gasteiger partial charge in [-0.15, -0.1) is 0 Å². The van der Waals surface area contributed by atoms with Gasteiger partial charge in [0.25, 0.3) is 0 Å². The number of nitrogens with zero attached hydrogens (tertiary/aromatic N) is 1. The van der Waals surface area contributed by atoms with Gasteiger partial charge in [0.1, 0.15) is 12.6 Å². The van der Waals surface area contributed by atoms with Crippen molar-refractivity contribution in [3.8, 4) is 0 Å². The van der Waals surface area contributed by atoms with E-state index in [9.17, 15) is 9.59 Å². The monoisotopic (exact) mass is 292 g/mol. The summed E-state index contributed by atoms with van der Waals surface area (Å²) in [6, 6.07) is 6.59. The van der Waals surface area contributed by atoms with Gasteiger partial charge in [-0.25, -0.2) is 0 Å². The molecule has 1 unspecified atom stereocenters. The molecule has 0 aliphatic heterocycles. The van der Waals surface area contributed by atoms with E-state index in [1.165, 1.54) is 4.90 Å². The Labute approximate surface area is 126 Å². The van der Waals surface area contributed by atoms with Crippen LogP contribution in [0.5, 0.6) is 0 Å². The van der Waals surface area contributed by atoms with Crippen molar-refractivity contribution in [1.29, 1.82) is 0 Å². The number of hydrogen-bond acceptors (Lipinski definition) is 4. The van der Waals surface area contributed by atoms with Crippen molar-refractivity contribution in [2.24, 2.45) is 5.73 Å². The summed E-state index contributed by atoms with van der Waals surface area (Å²) < 4.78 is 4.90. The molecule has 0 aromatic heterocycles. The summed E-state index contributed by atoms with van der Waals surface area (Å²) in [5.41, 5.74) is 7.87. The first kappa shape index (κ1) is 17.2. The van der Waals surface area contributed by atoms with Gasteiger partial charge in [-0.3, -0.25) is 9.59 Å². The number of ether oxygens (including phenoxy) is 1. The summed E-state index contributed by atoms with van der Waals surface area (Å²) >= 11 is 0. The fourth-order valence-corrected chi connectivity index (χ4v) is 1.96. The number of aryl methyl sites for hydroxylation is 1. The van der Waals surface area contributed by atoms with Gasteiger partial charge in [-0.1, -0.05) is 29.8 Å². The van der Waals surface area contributed by atoms with Crippen LogP contribution in [0.4, 0.5) is 0 Å². The van der Waals surface area contributed by atoms with Gasteiger partial charge in [-0.2, -0.15) is 0 Å². The number of nitrogens with two attached hydrogens (primary N) is 1. The van der Waals surface area contributed by atoms with E-state index in [-0.39, 0.29) is 18.5 Å². The standard InChI is InChI=1S/C16H24N2O3/c1-5-21-14(19)10-18(11(2)3)16(20)15(17)13-8-6-12(4)7-9-13/h6-9,11,15H,5,10,17H2,1-4H3. The fraction of sp³-hybridized carbons (Fsp3) is 0.500. The number of amides is 1. The quantitative estimate of drug-likeness (QED) is 0.811. The SMILES string of the molecule is CCOC(=O)CN(C(=O)C(N)c1ccc(C)cc1)C(C)C. The summed E-state index contributed by atoms with van der Waals surface area (Å²) in [5.74, 6) is -0.697. The topological polar surface area (TPSA) is 72.6 Å². The summed E-state index contributed by atoms with van der Waals surface area (Å²) in [4.78, 5) is 25.6. The van der Waals surface area contributed by atoms with Crippen LogP contribution in [0.1, 0.15) is 37.9 Å². The van der Waals surface area contributed by atoms with E-state index in [2.05, 4.69) is 0 Å². The van der Waals surface area contributed by atoms with Crippen molar-refractivity contribution in [2.45, 2.75) is 39.8 Å². The average molecular weight is 292 g/mol. The number of hydrogen-bond donors (Lipinski definition) is 1. The van der Waals surface area contributed by atoms with Crippen molar-refractivity contribution in [2.75, 3.05) is 13.2 Å². The lowest BCUT2D eigenvalue weighted by Gasteiger charge is -2.28. The molecule has 5 heteroatoms. The van der Waals surface area contributed by atoms with Crippen LogP contribution in [0.2, 0.25) is 0 Å². The van der Waals surface area contributed by atoms with Crippen LogP contribution in [0.3, 0.4) is 0 Å². The van der Waals surface area contributed by atoms with Gasteiger partial charge < -0.3 is 15.4 Å².